The molecule has 0 atom stereocenters. The van der Waals surface area contributed by atoms with E-state index in [0.29, 0.717) is 5.95 Å². The van der Waals surface area contributed by atoms with E-state index in [4.69, 9.17) is 9.97 Å². The van der Waals surface area contributed by atoms with E-state index in [0.717, 1.165) is 99.7 Å². The lowest BCUT2D eigenvalue weighted by atomic mass is 9.82. The van der Waals surface area contributed by atoms with Crippen molar-refractivity contribution in [3.8, 4) is 101 Å². The van der Waals surface area contributed by atoms with E-state index in [1.165, 1.54) is 104 Å². The summed E-state index contributed by atoms with van der Waals surface area (Å²) in [5.74, 6) is 1.35. The summed E-state index contributed by atoms with van der Waals surface area (Å²) in [6.45, 7) is 0. The second kappa shape index (κ2) is 21.9. The zero-order valence-electron chi connectivity index (χ0n) is 55.2. The van der Waals surface area contributed by atoms with Crippen LogP contribution in [0.1, 0.15) is 0 Å². The van der Waals surface area contributed by atoms with Crippen molar-refractivity contribution in [2.75, 3.05) is 0 Å². The first kappa shape index (κ1) is 56.3. The molecule has 0 aliphatic heterocycles. The van der Waals surface area contributed by atoms with Crippen molar-refractivity contribution in [1.29, 1.82) is 0 Å². The van der Waals surface area contributed by atoms with Crippen LogP contribution in [0.15, 0.2) is 352 Å². The molecule has 5 aromatic heterocycles. The van der Waals surface area contributed by atoms with Crippen molar-refractivity contribution in [2.45, 2.75) is 0 Å². The lowest BCUT2D eigenvalue weighted by Crippen LogP contribution is -2.07. The molecule has 6 nitrogen and oxygen atoms in total. The zero-order valence-corrected chi connectivity index (χ0v) is 55.2. The number of rotatable bonds is 9. The molecule has 0 saturated carbocycles. The maximum Gasteiger partial charge on any atom is 0.237 e. The molecule has 22 rings (SSSR count). The summed E-state index contributed by atoms with van der Waals surface area (Å²) in [5, 5.41) is 14.2. The molecule has 0 fully saturated rings. The molecule has 6 heteroatoms. The molecule has 0 N–H and O–H groups in total. The highest BCUT2D eigenvalue weighted by Gasteiger charge is 2.32. The first-order chi connectivity index (χ1) is 50.6. The van der Waals surface area contributed by atoms with Crippen LogP contribution in [-0.4, -0.2) is 28.2 Å². The van der Waals surface area contributed by atoms with Crippen LogP contribution >= 0.6 is 0 Å². The normalized spacial score (nSPS) is 12.1. The quantitative estimate of drug-likeness (QED) is 0.145. The van der Waals surface area contributed by atoms with Crippen molar-refractivity contribution < 1.29 is 0 Å². The third-order valence-corrected chi connectivity index (χ3v) is 21.7. The summed E-state index contributed by atoms with van der Waals surface area (Å²) in [4.78, 5) is 11.8. The molecule has 0 saturated heterocycles. The van der Waals surface area contributed by atoms with Crippen LogP contribution in [-0.2, 0) is 0 Å². The molecule has 1 aliphatic carbocycles. The van der Waals surface area contributed by atoms with E-state index in [9.17, 15) is 0 Å². The maximum atomic E-state index is 5.90. The van der Waals surface area contributed by atoms with E-state index in [1.807, 2.05) is 0 Å². The Hall–Kier alpha value is -13.7. The van der Waals surface area contributed by atoms with Gasteiger partial charge in [0.05, 0.1) is 49.8 Å². The van der Waals surface area contributed by atoms with Gasteiger partial charge in [-0.05, 0) is 185 Å². The predicted molar refractivity (Wildman–Crippen MR) is 426 cm³/mol. The summed E-state index contributed by atoms with van der Waals surface area (Å²) in [5.41, 5.74) is 27.4. The first-order valence-electron chi connectivity index (χ1n) is 35.0. The van der Waals surface area contributed by atoms with E-state index in [1.54, 1.807) is 0 Å². The zero-order chi connectivity index (χ0) is 66.7. The fourth-order valence-electron chi connectivity index (χ4n) is 17.4. The summed E-state index contributed by atoms with van der Waals surface area (Å²) in [6, 6.07) is 129. The molecule has 0 amide bonds. The monoisotopic (exact) mass is 1290 g/mol. The van der Waals surface area contributed by atoms with E-state index in [-0.39, 0.29) is 0 Å². The highest BCUT2D eigenvalue weighted by atomic mass is 15.2. The third-order valence-electron chi connectivity index (χ3n) is 21.7. The molecule has 0 spiro atoms. The summed E-state index contributed by atoms with van der Waals surface area (Å²) >= 11 is 0. The van der Waals surface area contributed by atoms with E-state index >= 15 is 0 Å². The lowest BCUT2D eigenvalue weighted by Gasteiger charge is -2.20. The molecule has 5 heterocycles. The van der Waals surface area contributed by atoms with Crippen LogP contribution in [0.3, 0.4) is 0 Å². The molecule has 16 aromatic carbocycles. The van der Waals surface area contributed by atoms with Gasteiger partial charge in [0.2, 0.25) is 5.95 Å². The SMILES string of the molecule is c1ccc(-c2c3c(c(-c4ccccc4)c4ccccc24)-c2ccc(-c4cc(-n5c6ccccc6c6cc(-c7ccc8c(c7)c7ccccc7n8-c7ccccc7)ccc65)nc(-n5c6ccccc6c6cc(-c7ccc8c(c7)c7ccccc7n8-c7ccccc7)ccc65)n4)c4cccc-3c24)cc1. The Bertz CT molecular complexity index is 6710. The molecule has 0 bridgehead atoms. The topological polar surface area (TPSA) is 45.5 Å². The fraction of sp³-hybridized carbons (Fsp3) is 0. The summed E-state index contributed by atoms with van der Waals surface area (Å²) < 4.78 is 9.44. The number of para-hydroxylation sites is 6. The Morgan fingerprint density at radius 1 is 0.186 bits per heavy atom. The molecule has 1 aliphatic rings. The second-order valence-electron chi connectivity index (χ2n) is 27.1. The van der Waals surface area contributed by atoms with Crippen molar-refractivity contribution in [3.63, 3.8) is 0 Å². The highest BCUT2D eigenvalue weighted by Crippen LogP contribution is 2.59. The van der Waals surface area contributed by atoms with Gasteiger partial charge in [0.25, 0.3) is 0 Å². The first-order valence-corrected chi connectivity index (χ1v) is 35.0. The average molecular weight is 1300 g/mol. The standard InChI is InChI=1S/C96H58N6/c1-5-24-59(25-6-1)91-73-36-13-14-37-74(73)92(60-26-7-2-8-27-60)95-76-49-48-67(72-38-23-39-75(93(72)76)94(91)95)81-58-90(101-84-42-21-17-34-70(84)79-56-63(46-52-88(79)101)61-44-50-86-77(54-61)68-32-15-19-40-82(68)99(86)65-28-9-3-10-29-65)98-96(97-81)102-85-43-22-18-35-71(85)80-57-64(47-53-89(80)102)62-45-51-87-78(55-62)69-33-16-20-41-83(69)100(87)66-30-11-4-12-31-66/h1-58H. The second-order valence-corrected chi connectivity index (χ2v) is 27.1. The number of hydrogen-bond donors (Lipinski definition) is 0. The molecular formula is C96H58N6. The number of nitrogens with zero attached hydrogens (tertiary/aromatic N) is 6. The molecular weight excluding hydrogens is 1240 g/mol. The Balaban J connectivity index is 0.771. The smallest absolute Gasteiger partial charge is 0.237 e. The largest absolute Gasteiger partial charge is 0.309 e. The minimum Gasteiger partial charge on any atom is -0.309 e. The van der Waals surface area contributed by atoms with Gasteiger partial charge in [-0.15, -0.1) is 0 Å². The van der Waals surface area contributed by atoms with Gasteiger partial charge >= 0.3 is 0 Å². The van der Waals surface area contributed by atoms with Crippen LogP contribution in [0.4, 0.5) is 0 Å². The summed E-state index contributed by atoms with van der Waals surface area (Å²) in [6.07, 6.45) is 0. The third kappa shape index (κ3) is 8.23. The Labute approximate surface area is 586 Å². The van der Waals surface area contributed by atoms with Crippen LogP contribution < -0.4 is 0 Å². The van der Waals surface area contributed by atoms with Gasteiger partial charge in [-0.1, -0.05) is 249 Å². The van der Waals surface area contributed by atoms with Crippen LogP contribution in [0.5, 0.6) is 0 Å². The Kier molecular flexibility index (Phi) is 12.1. The van der Waals surface area contributed by atoms with Gasteiger partial charge in [0, 0.05) is 66.1 Å². The van der Waals surface area contributed by atoms with Crippen molar-refractivity contribution in [3.05, 3.63) is 352 Å². The maximum absolute atomic E-state index is 5.90. The summed E-state index contributed by atoms with van der Waals surface area (Å²) in [7, 11) is 0. The molecule has 21 aromatic rings. The number of aromatic nitrogens is 6. The van der Waals surface area contributed by atoms with Gasteiger partial charge in [-0.3, -0.25) is 9.13 Å². The molecule has 472 valence electrons. The van der Waals surface area contributed by atoms with Crippen molar-refractivity contribution in [1.82, 2.24) is 28.2 Å². The van der Waals surface area contributed by atoms with Crippen LogP contribution in [0.25, 0.3) is 210 Å². The highest BCUT2D eigenvalue weighted by molar-refractivity contribution is 6.29. The minimum absolute atomic E-state index is 0.581. The van der Waals surface area contributed by atoms with Crippen LogP contribution in [0.2, 0.25) is 0 Å². The number of hydrogen-bond acceptors (Lipinski definition) is 2. The molecule has 0 radical (unpaired) electrons. The van der Waals surface area contributed by atoms with Gasteiger partial charge in [-0.2, -0.15) is 4.98 Å². The predicted octanol–water partition coefficient (Wildman–Crippen LogP) is 25.2. The molecule has 0 unspecified atom stereocenters. The van der Waals surface area contributed by atoms with E-state index < -0.39 is 0 Å². The van der Waals surface area contributed by atoms with Gasteiger partial charge in [0.15, 0.2) is 0 Å². The van der Waals surface area contributed by atoms with Crippen molar-refractivity contribution >= 4 is 109 Å². The lowest BCUT2D eigenvalue weighted by molar-refractivity contribution is 0.952. The Morgan fingerprint density at radius 2 is 0.520 bits per heavy atom. The van der Waals surface area contributed by atoms with Crippen molar-refractivity contribution in [2.24, 2.45) is 0 Å². The molecule has 102 heavy (non-hydrogen) atoms. The van der Waals surface area contributed by atoms with E-state index in [2.05, 4.69) is 370 Å². The number of fused-ring (bicyclic) bond motifs is 16. The van der Waals surface area contributed by atoms with Gasteiger partial charge in [-0.25, -0.2) is 4.98 Å². The number of benzene rings is 16. The average Bonchev–Trinajstić information content (AvgIpc) is 1.53. The minimum atomic E-state index is 0.581. The van der Waals surface area contributed by atoms with Gasteiger partial charge in [0.1, 0.15) is 5.82 Å². The fourth-order valence-corrected chi connectivity index (χ4v) is 17.4. The van der Waals surface area contributed by atoms with Crippen LogP contribution in [0, 0.1) is 0 Å². The van der Waals surface area contributed by atoms with Gasteiger partial charge < -0.3 is 9.13 Å². The Morgan fingerprint density at radius 3 is 0.971 bits per heavy atom.